The SMILES string of the molecule is CCCNC(Cc1ncnn1C(C)C)c1ncccc1F. The molecule has 0 spiro atoms. The average Bonchev–Trinajstić information content (AvgIpc) is 2.92. The van der Waals surface area contributed by atoms with Crippen LogP contribution in [-0.4, -0.2) is 26.3 Å². The van der Waals surface area contributed by atoms with E-state index < -0.39 is 0 Å². The van der Waals surface area contributed by atoms with E-state index in [1.807, 2.05) is 18.5 Å². The Hall–Kier alpha value is -1.82. The van der Waals surface area contributed by atoms with Crippen molar-refractivity contribution in [1.82, 2.24) is 25.1 Å². The van der Waals surface area contributed by atoms with Gasteiger partial charge in [0.2, 0.25) is 0 Å². The maximum Gasteiger partial charge on any atom is 0.146 e. The van der Waals surface area contributed by atoms with Crippen LogP contribution < -0.4 is 5.32 Å². The van der Waals surface area contributed by atoms with E-state index in [1.54, 1.807) is 18.6 Å². The molecule has 1 unspecified atom stereocenters. The molecule has 2 aromatic heterocycles. The van der Waals surface area contributed by atoms with Crippen molar-refractivity contribution in [2.24, 2.45) is 0 Å². The van der Waals surface area contributed by atoms with E-state index in [4.69, 9.17) is 0 Å². The smallest absolute Gasteiger partial charge is 0.146 e. The summed E-state index contributed by atoms with van der Waals surface area (Å²) < 4.78 is 15.9. The molecule has 6 heteroatoms. The molecule has 1 atom stereocenters. The molecule has 0 aliphatic heterocycles. The molecule has 0 saturated heterocycles. The highest BCUT2D eigenvalue weighted by atomic mass is 19.1. The maximum absolute atomic E-state index is 14.0. The lowest BCUT2D eigenvalue weighted by atomic mass is 10.1. The average molecular weight is 291 g/mol. The third kappa shape index (κ3) is 3.85. The van der Waals surface area contributed by atoms with Crippen molar-refractivity contribution < 1.29 is 4.39 Å². The van der Waals surface area contributed by atoms with Crippen LogP contribution >= 0.6 is 0 Å². The summed E-state index contributed by atoms with van der Waals surface area (Å²) in [4.78, 5) is 8.49. The van der Waals surface area contributed by atoms with Crippen LogP contribution in [0.2, 0.25) is 0 Å². The summed E-state index contributed by atoms with van der Waals surface area (Å²) in [5.41, 5.74) is 0.434. The van der Waals surface area contributed by atoms with Crippen LogP contribution in [0.5, 0.6) is 0 Å². The summed E-state index contributed by atoms with van der Waals surface area (Å²) in [5.74, 6) is 0.547. The molecular weight excluding hydrogens is 269 g/mol. The molecule has 2 rings (SSSR count). The molecule has 1 N–H and O–H groups in total. The van der Waals surface area contributed by atoms with Gasteiger partial charge in [-0.1, -0.05) is 6.92 Å². The molecule has 0 aliphatic rings. The first-order valence-corrected chi connectivity index (χ1v) is 7.35. The molecule has 0 radical (unpaired) electrons. The fraction of sp³-hybridized carbons (Fsp3) is 0.533. The van der Waals surface area contributed by atoms with Crippen molar-refractivity contribution in [3.63, 3.8) is 0 Å². The van der Waals surface area contributed by atoms with E-state index in [1.165, 1.54) is 6.07 Å². The van der Waals surface area contributed by atoms with Gasteiger partial charge in [-0.3, -0.25) is 4.98 Å². The van der Waals surface area contributed by atoms with Crippen molar-refractivity contribution in [3.05, 3.63) is 42.0 Å². The van der Waals surface area contributed by atoms with Crippen LogP contribution in [0, 0.1) is 5.82 Å². The topological polar surface area (TPSA) is 55.6 Å². The zero-order valence-electron chi connectivity index (χ0n) is 12.8. The molecular formula is C15H22FN5. The van der Waals surface area contributed by atoms with Gasteiger partial charge in [-0.2, -0.15) is 5.10 Å². The molecule has 0 saturated carbocycles. The van der Waals surface area contributed by atoms with Gasteiger partial charge >= 0.3 is 0 Å². The number of hydrogen-bond acceptors (Lipinski definition) is 4. The number of hydrogen-bond donors (Lipinski definition) is 1. The predicted molar refractivity (Wildman–Crippen MR) is 79.3 cm³/mol. The fourth-order valence-corrected chi connectivity index (χ4v) is 2.27. The lowest BCUT2D eigenvalue weighted by molar-refractivity contribution is 0.444. The Morgan fingerprint density at radius 1 is 1.33 bits per heavy atom. The number of nitrogens with zero attached hydrogens (tertiary/aromatic N) is 4. The van der Waals surface area contributed by atoms with Gasteiger partial charge in [0.05, 0.1) is 11.7 Å². The summed E-state index contributed by atoms with van der Waals surface area (Å²) in [5, 5.41) is 7.58. The summed E-state index contributed by atoms with van der Waals surface area (Å²) >= 11 is 0. The van der Waals surface area contributed by atoms with Gasteiger partial charge in [-0.05, 0) is 38.9 Å². The fourth-order valence-electron chi connectivity index (χ4n) is 2.27. The van der Waals surface area contributed by atoms with Gasteiger partial charge in [0.25, 0.3) is 0 Å². The van der Waals surface area contributed by atoms with Crippen LogP contribution in [0.3, 0.4) is 0 Å². The summed E-state index contributed by atoms with van der Waals surface area (Å²) in [6, 6.07) is 3.07. The van der Waals surface area contributed by atoms with Gasteiger partial charge in [-0.15, -0.1) is 0 Å². The number of halogens is 1. The van der Waals surface area contributed by atoms with Crippen LogP contribution in [0.1, 0.15) is 50.8 Å². The summed E-state index contributed by atoms with van der Waals surface area (Å²) in [6.45, 7) is 6.98. The molecule has 0 amide bonds. The second-order valence-electron chi connectivity index (χ2n) is 5.30. The van der Waals surface area contributed by atoms with Gasteiger partial charge in [0.1, 0.15) is 18.0 Å². The number of aromatic nitrogens is 4. The normalized spacial score (nSPS) is 12.8. The molecule has 2 heterocycles. The van der Waals surface area contributed by atoms with Crippen molar-refractivity contribution in [2.75, 3.05) is 6.54 Å². The van der Waals surface area contributed by atoms with Gasteiger partial charge in [-0.25, -0.2) is 14.1 Å². The minimum Gasteiger partial charge on any atom is -0.308 e. The zero-order valence-corrected chi connectivity index (χ0v) is 12.8. The number of rotatable bonds is 7. The molecule has 0 bridgehead atoms. The van der Waals surface area contributed by atoms with E-state index in [0.717, 1.165) is 18.8 Å². The lowest BCUT2D eigenvalue weighted by Gasteiger charge is -2.19. The minimum absolute atomic E-state index is 0.201. The maximum atomic E-state index is 14.0. The van der Waals surface area contributed by atoms with Crippen molar-refractivity contribution in [3.8, 4) is 0 Å². The Morgan fingerprint density at radius 3 is 2.81 bits per heavy atom. The second kappa shape index (κ2) is 7.26. The Bertz CT molecular complexity index is 567. The second-order valence-corrected chi connectivity index (χ2v) is 5.30. The van der Waals surface area contributed by atoms with E-state index in [2.05, 4.69) is 27.3 Å². The first-order chi connectivity index (χ1) is 10.1. The number of pyridine rings is 1. The highest BCUT2D eigenvalue weighted by Crippen LogP contribution is 2.19. The summed E-state index contributed by atoms with van der Waals surface area (Å²) in [7, 11) is 0. The number of nitrogens with one attached hydrogen (secondary N) is 1. The van der Waals surface area contributed by atoms with Gasteiger partial charge < -0.3 is 5.32 Å². The standard InChI is InChI=1S/C15H22FN5/c1-4-7-17-13(15-12(16)6-5-8-18-15)9-14-19-10-20-21(14)11(2)3/h5-6,8,10-11,13,17H,4,7,9H2,1-3H3. The zero-order chi connectivity index (χ0) is 15.2. The molecule has 5 nitrogen and oxygen atoms in total. The van der Waals surface area contributed by atoms with E-state index in [-0.39, 0.29) is 17.9 Å². The molecule has 0 fully saturated rings. The predicted octanol–water partition coefficient (Wildman–Crippen LogP) is 2.68. The van der Waals surface area contributed by atoms with Crippen LogP contribution in [0.25, 0.3) is 0 Å². The minimum atomic E-state index is -0.290. The molecule has 21 heavy (non-hydrogen) atoms. The van der Waals surface area contributed by atoms with Crippen LogP contribution in [0.15, 0.2) is 24.7 Å². The van der Waals surface area contributed by atoms with Gasteiger partial charge in [0, 0.05) is 18.7 Å². The van der Waals surface area contributed by atoms with Crippen molar-refractivity contribution in [2.45, 2.75) is 45.7 Å². The Kier molecular flexibility index (Phi) is 5.38. The molecule has 114 valence electrons. The lowest BCUT2D eigenvalue weighted by Crippen LogP contribution is -2.27. The third-order valence-corrected chi connectivity index (χ3v) is 3.28. The Balaban J connectivity index is 2.24. The molecule has 2 aromatic rings. The van der Waals surface area contributed by atoms with Crippen LogP contribution in [0.4, 0.5) is 4.39 Å². The van der Waals surface area contributed by atoms with E-state index in [9.17, 15) is 4.39 Å². The van der Waals surface area contributed by atoms with Crippen molar-refractivity contribution in [1.29, 1.82) is 0 Å². The molecule has 0 aliphatic carbocycles. The third-order valence-electron chi connectivity index (χ3n) is 3.28. The van der Waals surface area contributed by atoms with Gasteiger partial charge in [0.15, 0.2) is 0 Å². The van der Waals surface area contributed by atoms with Crippen molar-refractivity contribution >= 4 is 0 Å². The van der Waals surface area contributed by atoms with Crippen LogP contribution in [-0.2, 0) is 6.42 Å². The Morgan fingerprint density at radius 2 is 2.14 bits per heavy atom. The Labute approximate surface area is 124 Å². The largest absolute Gasteiger partial charge is 0.308 e. The first-order valence-electron chi connectivity index (χ1n) is 7.35. The summed E-state index contributed by atoms with van der Waals surface area (Å²) in [6.07, 6.45) is 4.70. The first kappa shape index (κ1) is 15.6. The van der Waals surface area contributed by atoms with E-state index in [0.29, 0.717) is 12.1 Å². The molecule has 0 aromatic carbocycles. The highest BCUT2D eigenvalue weighted by molar-refractivity contribution is 5.13. The van der Waals surface area contributed by atoms with E-state index >= 15 is 0 Å². The quantitative estimate of drug-likeness (QED) is 0.852. The highest BCUT2D eigenvalue weighted by Gasteiger charge is 2.20. The monoisotopic (exact) mass is 291 g/mol.